The fourth-order valence-electron chi connectivity index (χ4n) is 2.80. The lowest BCUT2D eigenvalue weighted by atomic mass is 10.2. The van der Waals surface area contributed by atoms with E-state index in [-0.39, 0.29) is 12.5 Å². The molecule has 1 saturated heterocycles. The summed E-state index contributed by atoms with van der Waals surface area (Å²) in [5, 5.41) is 6.74. The van der Waals surface area contributed by atoms with E-state index in [9.17, 15) is 4.79 Å². The van der Waals surface area contributed by atoms with Gasteiger partial charge in [0.05, 0.1) is 31.1 Å². The summed E-state index contributed by atoms with van der Waals surface area (Å²) in [5.41, 5.74) is 3.76. The second kappa shape index (κ2) is 8.23. The highest BCUT2D eigenvalue weighted by Gasteiger charge is 2.15. The predicted molar refractivity (Wildman–Crippen MR) is 103 cm³/mol. The van der Waals surface area contributed by atoms with Gasteiger partial charge in [0.15, 0.2) is 0 Å². The number of para-hydroxylation sites is 2. The molecular weight excluding hydrogens is 338 g/mol. The van der Waals surface area contributed by atoms with Gasteiger partial charge in [0.25, 0.3) is 0 Å². The molecule has 2 N–H and O–H groups in total. The third-order valence-electron chi connectivity index (χ3n) is 4.17. The van der Waals surface area contributed by atoms with E-state index in [4.69, 9.17) is 16.3 Å². The Morgan fingerprint density at radius 3 is 2.72 bits per heavy atom. The Hall–Kier alpha value is -2.24. The molecule has 0 bridgehead atoms. The van der Waals surface area contributed by atoms with E-state index in [1.165, 1.54) is 0 Å². The number of carbonyl (C=O) groups excluding carboxylic acids is 1. The minimum absolute atomic E-state index is 0.109. The van der Waals surface area contributed by atoms with Crippen LogP contribution in [0, 0.1) is 6.92 Å². The fourth-order valence-corrected chi connectivity index (χ4v) is 2.97. The number of anilines is 3. The number of nitrogens with one attached hydrogen (secondary N) is 2. The second-order valence-corrected chi connectivity index (χ2v) is 6.41. The summed E-state index contributed by atoms with van der Waals surface area (Å²) in [6.45, 7) is 5.28. The number of ether oxygens (including phenoxy) is 1. The van der Waals surface area contributed by atoms with Crippen molar-refractivity contribution in [2.45, 2.75) is 6.92 Å². The largest absolute Gasteiger partial charge is 0.378 e. The Labute approximate surface area is 152 Å². The van der Waals surface area contributed by atoms with Gasteiger partial charge in [-0.2, -0.15) is 0 Å². The molecule has 5 nitrogen and oxygen atoms in total. The van der Waals surface area contributed by atoms with Crippen molar-refractivity contribution >= 4 is 34.6 Å². The number of carbonyl (C=O) groups is 1. The van der Waals surface area contributed by atoms with Crippen LogP contribution in [0.1, 0.15) is 5.56 Å². The zero-order chi connectivity index (χ0) is 17.6. The number of aryl methyl sites for hydroxylation is 1. The maximum absolute atomic E-state index is 12.3. The van der Waals surface area contributed by atoms with Crippen molar-refractivity contribution in [1.82, 2.24) is 0 Å². The van der Waals surface area contributed by atoms with Gasteiger partial charge in [-0.1, -0.05) is 29.8 Å². The van der Waals surface area contributed by atoms with Crippen molar-refractivity contribution in [3.8, 4) is 0 Å². The Bertz CT molecular complexity index is 745. The lowest BCUT2D eigenvalue weighted by Crippen LogP contribution is -2.36. The highest BCUT2D eigenvalue weighted by Crippen LogP contribution is 2.26. The highest BCUT2D eigenvalue weighted by molar-refractivity contribution is 6.31. The predicted octanol–water partition coefficient (Wildman–Crippen LogP) is 3.54. The summed E-state index contributed by atoms with van der Waals surface area (Å²) < 4.78 is 5.41. The lowest BCUT2D eigenvalue weighted by Gasteiger charge is -2.30. The summed E-state index contributed by atoms with van der Waals surface area (Å²) >= 11 is 6.00. The molecule has 0 aliphatic carbocycles. The van der Waals surface area contributed by atoms with Gasteiger partial charge in [-0.15, -0.1) is 0 Å². The SMILES string of the molecule is Cc1ccc(Cl)cc1NC(=O)CNc1ccccc1N1CCOCC1. The van der Waals surface area contributed by atoms with Gasteiger partial charge in [-0.05, 0) is 36.8 Å². The molecule has 0 spiro atoms. The molecule has 0 unspecified atom stereocenters. The average molecular weight is 360 g/mol. The van der Waals surface area contributed by atoms with E-state index in [2.05, 4.69) is 21.6 Å². The third-order valence-corrected chi connectivity index (χ3v) is 4.40. The number of halogens is 1. The normalized spacial score (nSPS) is 14.2. The second-order valence-electron chi connectivity index (χ2n) is 5.98. The van der Waals surface area contributed by atoms with E-state index in [1.807, 2.05) is 37.3 Å². The van der Waals surface area contributed by atoms with Crippen LogP contribution in [0.25, 0.3) is 0 Å². The zero-order valence-corrected chi connectivity index (χ0v) is 15.0. The minimum atomic E-state index is -0.109. The van der Waals surface area contributed by atoms with Gasteiger partial charge in [0, 0.05) is 23.8 Å². The van der Waals surface area contributed by atoms with Crippen molar-refractivity contribution in [3.63, 3.8) is 0 Å². The average Bonchev–Trinajstić information content (AvgIpc) is 2.64. The highest BCUT2D eigenvalue weighted by atomic mass is 35.5. The molecule has 1 amide bonds. The van der Waals surface area contributed by atoms with Crippen LogP contribution in [-0.4, -0.2) is 38.8 Å². The summed E-state index contributed by atoms with van der Waals surface area (Å²) in [6.07, 6.45) is 0. The summed E-state index contributed by atoms with van der Waals surface area (Å²) in [7, 11) is 0. The Morgan fingerprint density at radius 1 is 1.16 bits per heavy atom. The van der Waals surface area contributed by atoms with Gasteiger partial charge in [-0.25, -0.2) is 0 Å². The van der Waals surface area contributed by atoms with Crippen LogP contribution < -0.4 is 15.5 Å². The summed E-state index contributed by atoms with van der Waals surface area (Å²) in [4.78, 5) is 14.6. The van der Waals surface area contributed by atoms with Crippen LogP contribution in [0.5, 0.6) is 0 Å². The standard InChI is InChI=1S/C19H22ClN3O2/c1-14-6-7-15(20)12-17(14)22-19(24)13-21-16-4-2-3-5-18(16)23-8-10-25-11-9-23/h2-7,12,21H,8-11,13H2,1H3,(H,22,24). The first kappa shape index (κ1) is 17.6. The third kappa shape index (κ3) is 4.65. The van der Waals surface area contributed by atoms with Crippen LogP contribution in [0.2, 0.25) is 5.02 Å². The molecule has 1 aliphatic rings. The van der Waals surface area contributed by atoms with Gasteiger partial charge in [-0.3, -0.25) is 4.79 Å². The first-order valence-corrected chi connectivity index (χ1v) is 8.73. The number of rotatable bonds is 5. The number of benzene rings is 2. The molecular formula is C19H22ClN3O2. The fraction of sp³-hybridized carbons (Fsp3) is 0.316. The molecule has 25 heavy (non-hydrogen) atoms. The minimum Gasteiger partial charge on any atom is -0.378 e. The van der Waals surface area contributed by atoms with E-state index in [0.29, 0.717) is 5.02 Å². The van der Waals surface area contributed by atoms with E-state index < -0.39 is 0 Å². The first-order chi connectivity index (χ1) is 12.1. The Balaban J connectivity index is 1.63. The van der Waals surface area contributed by atoms with Gasteiger partial charge < -0.3 is 20.3 Å². The Kier molecular flexibility index (Phi) is 5.79. The van der Waals surface area contributed by atoms with Crippen LogP contribution in [0.3, 0.4) is 0 Å². The summed E-state index contributed by atoms with van der Waals surface area (Å²) in [5.74, 6) is -0.109. The van der Waals surface area contributed by atoms with Crippen molar-refractivity contribution in [1.29, 1.82) is 0 Å². The van der Waals surface area contributed by atoms with E-state index in [1.54, 1.807) is 6.07 Å². The molecule has 3 rings (SSSR count). The van der Waals surface area contributed by atoms with E-state index >= 15 is 0 Å². The van der Waals surface area contributed by atoms with Crippen LogP contribution in [0.4, 0.5) is 17.1 Å². The molecule has 1 aliphatic heterocycles. The van der Waals surface area contributed by atoms with Crippen LogP contribution >= 0.6 is 11.6 Å². The molecule has 1 fully saturated rings. The number of amides is 1. The van der Waals surface area contributed by atoms with Crippen molar-refractivity contribution in [2.24, 2.45) is 0 Å². The number of nitrogens with zero attached hydrogens (tertiary/aromatic N) is 1. The molecule has 132 valence electrons. The molecule has 1 heterocycles. The van der Waals surface area contributed by atoms with Gasteiger partial charge in [0.2, 0.25) is 5.91 Å². The van der Waals surface area contributed by atoms with Crippen LogP contribution in [0.15, 0.2) is 42.5 Å². The maximum Gasteiger partial charge on any atom is 0.243 e. The quantitative estimate of drug-likeness (QED) is 0.857. The van der Waals surface area contributed by atoms with Gasteiger partial charge in [0.1, 0.15) is 0 Å². The first-order valence-electron chi connectivity index (χ1n) is 8.35. The molecule has 0 saturated carbocycles. The lowest BCUT2D eigenvalue weighted by molar-refractivity contribution is -0.114. The van der Waals surface area contributed by atoms with Gasteiger partial charge >= 0.3 is 0 Å². The Morgan fingerprint density at radius 2 is 1.92 bits per heavy atom. The monoisotopic (exact) mass is 359 g/mol. The van der Waals surface area contributed by atoms with Crippen molar-refractivity contribution < 1.29 is 9.53 Å². The number of hydrogen-bond acceptors (Lipinski definition) is 4. The number of hydrogen-bond donors (Lipinski definition) is 2. The van der Waals surface area contributed by atoms with E-state index in [0.717, 1.165) is 48.9 Å². The molecule has 0 atom stereocenters. The topological polar surface area (TPSA) is 53.6 Å². The van der Waals surface area contributed by atoms with Crippen molar-refractivity contribution in [3.05, 3.63) is 53.1 Å². The molecule has 0 aromatic heterocycles. The van der Waals surface area contributed by atoms with Crippen molar-refractivity contribution in [2.75, 3.05) is 48.4 Å². The van der Waals surface area contributed by atoms with Crippen LogP contribution in [-0.2, 0) is 9.53 Å². The zero-order valence-electron chi connectivity index (χ0n) is 14.2. The molecule has 2 aromatic rings. The maximum atomic E-state index is 12.3. The smallest absolute Gasteiger partial charge is 0.243 e. The molecule has 0 radical (unpaired) electrons. The molecule has 6 heteroatoms. The summed E-state index contributed by atoms with van der Waals surface area (Å²) in [6, 6.07) is 13.5. The number of morpholine rings is 1. The molecule has 2 aromatic carbocycles.